The topological polar surface area (TPSA) is 78.9 Å². The Morgan fingerprint density at radius 2 is 0.938 bits per heavy atom. The van der Waals surface area contributed by atoms with Crippen molar-refractivity contribution in [3.63, 3.8) is 0 Å². The van der Waals surface area contributed by atoms with E-state index in [4.69, 9.17) is 0 Å². The molecule has 0 N–H and O–H groups in total. The van der Waals surface area contributed by atoms with Gasteiger partial charge in [0.05, 0.1) is 19.8 Å². The van der Waals surface area contributed by atoms with E-state index in [1.807, 2.05) is 0 Å². The summed E-state index contributed by atoms with van der Waals surface area (Å²) in [5, 5.41) is 0. The van der Waals surface area contributed by atoms with Crippen molar-refractivity contribution in [3.05, 3.63) is 5.92 Å². The van der Waals surface area contributed by atoms with Gasteiger partial charge in [0.2, 0.25) is 0 Å². The summed E-state index contributed by atoms with van der Waals surface area (Å²) < 4.78 is 13.7. The lowest BCUT2D eigenvalue weighted by atomic mass is 10.1. The smallest absolute Gasteiger partial charge is 0.337 e. The van der Waals surface area contributed by atoms with Crippen molar-refractivity contribution < 1.29 is 28.6 Å². The first kappa shape index (κ1) is 14.4. The number of ether oxygens (including phenoxy) is 3. The Hall–Kier alpha value is -1.59. The first-order valence-electron chi connectivity index (χ1n) is 4.96. The van der Waals surface area contributed by atoms with Crippen molar-refractivity contribution in [3.8, 4) is 0 Å². The summed E-state index contributed by atoms with van der Waals surface area (Å²) in [6, 6.07) is 0. The van der Waals surface area contributed by atoms with E-state index in [-0.39, 0.29) is 19.8 Å². The van der Waals surface area contributed by atoms with E-state index in [0.29, 0.717) is 0 Å². The van der Waals surface area contributed by atoms with Crippen LogP contribution >= 0.6 is 0 Å². The zero-order chi connectivity index (χ0) is 12.6. The molecule has 6 heteroatoms. The van der Waals surface area contributed by atoms with Crippen LogP contribution in [0.3, 0.4) is 0 Å². The predicted octanol–water partition coefficient (Wildman–Crippen LogP) is 0.250. The third-order valence-corrected chi connectivity index (χ3v) is 1.44. The SMILES string of the molecule is CCOC(=O)[C](C(=O)OCC)C(=O)OCC. The predicted molar refractivity (Wildman–Crippen MR) is 53.1 cm³/mol. The molecule has 0 saturated carbocycles. The summed E-state index contributed by atoms with van der Waals surface area (Å²) in [6.45, 7) is 4.85. The van der Waals surface area contributed by atoms with Crippen LogP contribution < -0.4 is 0 Å². The molecule has 0 rings (SSSR count). The van der Waals surface area contributed by atoms with Crippen LogP contribution in [0.1, 0.15) is 20.8 Å². The minimum atomic E-state index is -1.03. The summed E-state index contributed by atoms with van der Waals surface area (Å²) in [6.07, 6.45) is 0. The zero-order valence-electron chi connectivity index (χ0n) is 9.57. The van der Waals surface area contributed by atoms with E-state index in [9.17, 15) is 14.4 Å². The lowest BCUT2D eigenvalue weighted by Gasteiger charge is -2.11. The van der Waals surface area contributed by atoms with Gasteiger partial charge in [0.15, 0.2) is 0 Å². The van der Waals surface area contributed by atoms with E-state index in [1.165, 1.54) is 0 Å². The molecule has 0 atom stereocenters. The highest BCUT2D eigenvalue weighted by molar-refractivity contribution is 6.28. The summed E-state index contributed by atoms with van der Waals surface area (Å²) >= 11 is 0. The summed E-state index contributed by atoms with van der Waals surface area (Å²) in [4.78, 5) is 33.9. The Bertz CT molecular complexity index is 217. The van der Waals surface area contributed by atoms with Gasteiger partial charge in [-0.1, -0.05) is 0 Å². The van der Waals surface area contributed by atoms with Crippen molar-refractivity contribution in [1.29, 1.82) is 0 Å². The molecule has 0 aromatic rings. The molecule has 6 nitrogen and oxygen atoms in total. The van der Waals surface area contributed by atoms with E-state index in [0.717, 1.165) is 0 Å². The molecule has 0 aliphatic carbocycles. The number of esters is 3. The van der Waals surface area contributed by atoms with Gasteiger partial charge in [0.1, 0.15) is 0 Å². The monoisotopic (exact) mass is 231 g/mol. The molecule has 0 fully saturated rings. The van der Waals surface area contributed by atoms with Crippen LogP contribution in [0.2, 0.25) is 0 Å². The van der Waals surface area contributed by atoms with E-state index in [1.54, 1.807) is 20.8 Å². The van der Waals surface area contributed by atoms with Crippen LogP contribution in [0.25, 0.3) is 0 Å². The Balaban J connectivity index is 4.68. The van der Waals surface area contributed by atoms with Gasteiger partial charge in [-0.2, -0.15) is 0 Å². The maximum Gasteiger partial charge on any atom is 0.337 e. The van der Waals surface area contributed by atoms with Crippen molar-refractivity contribution >= 4 is 17.9 Å². The second-order valence-corrected chi connectivity index (χ2v) is 2.54. The quantitative estimate of drug-likeness (QED) is 0.370. The van der Waals surface area contributed by atoms with Gasteiger partial charge in [0.25, 0.3) is 5.92 Å². The van der Waals surface area contributed by atoms with Crippen molar-refractivity contribution in [2.45, 2.75) is 20.8 Å². The fourth-order valence-electron chi connectivity index (χ4n) is 0.860. The molecule has 0 aromatic heterocycles. The molecular weight excluding hydrogens is 216 g/mol. The second kappa shape index (κ2) is 7.67. The fourth-order valence-corrected chi connectivity index (χ4v) is 0.860. The van der Waals surface area contributed by atoms with Crippen LogP contribution in [0, 0.1) is 5.92 Å². The van der Waals surface area contributed by atoms with Crippen LogP contribution in [-0.2, 0) is 28.6 Å². The standard InChI is InChI=1S/C10H15O6/c1-4-14-8(11)7(9(12)15-5-2)10(13)16-6-3/h4-6H2,1-3H3. The van der Waals surface area contributed by atoms with Gasteiger partial charge < -0.3 is 14.2 Å². The Kier molecular flexibility index (Phi) is 6.91. The number of carbonyl (C=O) groups excluding carboxylic acids is 3. The molecule has 16 heavy (non-hydrogen) atoms. The molecule has 0 aliphatic heterocycles. The normalized spacial score (nSPS) is 9.75. The fraction of sp³-hybridized carbons (Fsp3) is 0.600. The minimum Gasteiger partial charge on any atom is -0.465 e. The van der Waals surface area contributed by atoms with Crippen molar-refractivity contribution in [2.75, 3.05) is 19.8 Å². The molecule has 0 unspecified atom stereocenters. The summed E-state index contributed by atoms with van der Waals surface area (Å²) in [7, 11) is 0. The van der Waals surface area contributed by atoms with Crippen molar-refractivity contribution in [1.82, 2.24) is 0 Å². The number of hydrogen-bond donors (Lipinski definition) is 0. The zero-order valence-corrected chi connectivity index (χ0v) is 9.57. The molecule has 91 valence electrons. The average molecular weight is 231 g/mol. The molecule has 0 aromatic carbocycles. The molecule has 0 aliphatic rings. The number of rotatable bonds is 6. The molecule has 0 saturated heterocycles. The first-order chi connectivity index (χ1) is 7.58. The van der Waals surface area contributed by atoms with Gasteiger partial charge in [-0.15, -0.1) is 0 Å². The van der Waals surface area contributed by atoms with Gasteiger partial charge in [-0.3, -0.25) is 14.4 Å². The van der Waals surface area contributed by atoms with Crippen LogP contribution in [0.5, 0.6) is 0 Å². The first-order valence-corrected chi connectivity index (χ1v) is 4.96. The lowest BCUT2D eigenvalue weighted by Crippen LogP contribution is -2.34. The van der Waals surface area contributed by atoms with Gasteiger partial charge in [-0.25, -0.2) is 0 Å². The molecule has 0 bridgehead atoms. The molecule has 0 amide bonds. The van der Waals surface area contributed by atoms with Crippen LogP contribution in [-0.4, -0.2) is 37.7 Å². The van der Waals surface area contributed by atoms with Crippen molar-refractivity contribution in [2.24, 2.45) is 0 Å². The highest BCUT2D eigenvalue weighted by Gasteiger charge is 2.40. The summed E-state index contributed by atoms with van der Waals surface area (Å²) in [5.41, 5.74) is 0. The highest BCUT2D eigenvalue weighted by Crippen LogP contribution is 2.09. The Morgan fingerprint density at radius 1 is 0.688 bits per heavy atom. The van der Waals surface area contributed by atoms with Gasteiger partial charge in [-0.05, 0) is 20.8 Å². The average Bonchev–Trinajstić information content (AvgIpc) is 2.19. The molecule has 1 radical (unpaired) electrons. The largest absolute Gasteiger partial charge is 0.465 e. The molecular formula is C10H15O6. The minimum absolute atomic E-state index is 0.0567. The number of carbonyl (C=O) groups is 3. The Morgan fingerprint density at radius 3 is 1.12 bits per heavy atom. The second-order valence-electron chi connectivity index (χ2n) is 2.54. The third-order valence-electron chi connectivity index (χ3n) is 1.44. The third kappa shape index (κ3) is 4.29. The lowest BCUT2D eigenvalue weighted by molar-refractivity contribution is -0.158. The van der Waals surface area contributed by atoms with Gasteiger partial charge >= 0.3 is 17.9 Å². The maximum absolute atomic E-state index is 11.3. The van der Waals surface area contributed by atoms with Crippen LogP contribution in [0.4, 0.5) is 0 Å². The van der Waals surface area contributed by atoms with E-state index < -0.39 is 23.8 Å². The highest BCUT2D eigenvalue weighted by atomic mass is 16.6. The Labute approximate surface area is 93.8 Å². The maximum atomic E-state index is 11.3. The molecule has 0 spiro atoms. The van der Waals surface area contributed by atoms with E-state index >= 15 is 0 Å². The van der Waals surface area contributed by atoms with Crippen LogP contribution in [0.15, 0.2) is 0 Å². The van der Waals surface area contributed by atoms with E-state index in [2.05, 4.69) is 14.2 Å². The number of hydrogen-bond acceptors (Lipinski definition) is 6. The molecule has 0 heterocycles. The van der Waals surface area contributed by atoms with Gasteiger partial charge in [0, 0.05) is 0 Å². The summed E-state index contributed by atoms with van der Waals surface area (Å²) in [5.74, 6) is -3.82.